The molecule has 3 aromatic rings. The van der Waals surface area contributed by atoms with Crippen molar-refractivity contribution >= 4 is 46.6 Å². The molecule has 1 saturated heterocycles. The molecule has 9 nitrogen and oxygen atoms in total. The van der Waals surface area contributed by atoms with Crippen molar-refractivity contribution in [1.82, 2.24) is 24.6 Å². The predicted octanol–water partition coefficient (Wildman–Crippen LogP) is 3.47. The molecular formula is C20H19Cl2F2N7O2. The Morgan fingerprint density at radius 3 is 2.76 bits per heavy atom. The third-order valence-electron chi connectivity index (χ3n) is 4.86. The zero-order valence-corrected chi connectivity index (χ0v) is 18.7. The van der Waals surface area contributed by atoms with E-state index in [1.165, 1.54) is 23.0 Å². The summed E-state index contributed by atoms with van der Waals surface area (Å²) in [5, 5.41) is 9.66. The van der Waals surface area contributed by atoms with Crippen molar-refractivity contribution in [2.45, 2.75) is 13.1 Å². The molecule has 174 valence electrons. The summed E-state index contributed by atoms with van der Waals surface area (Å²) in [5.41, 5.74) is 0.709. The van der Waals surface area contributed by atoms with Crippen molar-refractivity contribution in [2.75, 3.05) is 36.9 Å². The van der Waals surface area contributed by atoms with Gasteiger partial charge in [0.05, 0.1) is 41.3 Å². The maximum Gasteiger partial charge on any atom is 0.244 e. The first-order chi connectivity index (χ1) is 15.9. The molecule has 13 heteroatoms. The lowest BCUT2D eigenvalue weighted by molar-refractivity contribution is -0.136. The van der Waals surface area contributed by atoms with E-state index in [-0.39, 0.29) is 46.4 Å². The number of amides is 1. The Hall–Kier alpha value is -3.02. The monoisotopic (exact) mass is 497 g/mol. The molecule has 33 heavy (non-hydrogen) atoms. The van der Waals surface area contributed by atoms with Gasteiger partial charge in [0.25, 0.3) is 0 Å². The van der Waals surface area contributed by atoms with Crippen LogP contribution in [0, 0.1) is 11.6 Å². The number of nitrogens with one attached hydrogen (secondary N) is 2. The number of aromatic nitrogens is 4. The molecule has 0 unspecified atom stereocenters. The molecule has 4 rings (SSSR count). The van der Waals surface area contributed by atoms with E-state index in [4.69, 9.17) is 27.9 Å². The number of anilines is 3. The van der Waals surface area contributed by atoms with E-state index >= 15 is 0 Å². The highest BCUT2D eigenvalue weighted by Crippen LogP contribution is 2.27. The van der Waals surface area contributed by atoms with Crippen LogP contribution in [0.2, 0.25) is 10.0 Å². The summed E-state index contributed by atoms with van der Waals surface area (Å²) in [4.78, 5) is 22.0. The summed E-state index contributed by atoms with van der Waals surface area (Å²) in [7, 11) is 0. The van der Waals surface area contributed by atoms with Gasteiger partial charge in [0.15, 0.2) is 11.6 Å². The molecule has 3 heterocycles. The summed E-state index contributed by atoms with van der Waals surface area (Å²) in [6, 6.07) is 2.90. The number of morpholine rings is 1. The lowest BCUT2D eigenvalue weighted by Gasteiger charge is -2.26. The Bertz CT molecular complexity index is 1160. The predicted molar refractivity (Wildman–Crippen MR) is 119 cm³/mol. The van der Waals surface area contributed by atoms with E-state index < -0.39 is 11.6 Å². The second-order valence-electron chi connectivity index (χ2n) is 7.12. The van der Waals surface area contributed by atoms with Gasteiger partial charge in [-0.3, -0.25) is 9.48 Å². The molecular weight excluding hydrogens is 479 g/mol. The van der Waals surface area contributed by atoms with Gasteiger partial charge in [-0.15, -0.1) is 0 Å². The number of hydrogen-bond acceptors (Lipinski definition) is 7. The second-order valence-corrected chi connectivity index (χ2v) is 7.91. The third-order valence-corrected chi connectivity index (χ3v) is 5.64. The maximum absolute atomic E-state index is 14.2. The molecule has 1 amide bonds. The van der Waals surface area contributed by atoms with Crippen molar-refractivity contribution in [2.24, 2.45) is 0 Å². The number of carbonyl (C=O) groups is 1. The fraction of sp³-hybridized carbons (Fsp3) is 0.300. The molecule has 1 fully saturated rings. The number of carbonyl (C=O) groups excluding carboxylic acids is 1. The molecule has 0 radical (unpaired) electrons. The van der Waals surface area contributed by atoms with Crippen LogP contribution in [0.25, 0.3) is 0 Å². The van der Waals surface area contributed by atoms with Gasteiger partial charge in [0, 0.05) is 31.4 Å². The Morgan fingerprint density at radius 1 is 1.18 bits per heavy atom. The van der Waals surface area contributed by atoms with Crippen LogP contribution in [0.15, 0.2) is 30.7 Å². The van der Waals surface area contributed by atoms with Crippen molar-refractivity contribution in [1.29, 1.82) is 0 Å². The van der Waals surface area contributed by atoms with Crippen molar-refractivity contribution in [3.63, 3.8) is 0 Å². The van der Waals surface area contributed by atoms with Crippen LogP contribution in [0.5, 0.6) is 0 Å². The highest BCUT2D eigenvalue weighted by molar-refractivity contribution is 6.42. The molecule has 1 aromatic carbocycles. The number of rotatable bonds is 7. The number of nitrogens with zero attached hydrogens (tertiary/aromatic N) is 5. The minimum absolute atomic E-state index is 0.0630. The minimum atomic E-state index is -0.715. The third kappa shape index (κ3) is 5.67. The summed E-state index contributed by atoms with van der Waals surface area (Å²) in [6.45, 7) is 2.15. The van der Waals surface area contributed by atoms with Gasteiger partial charge in [-0.05, 0) is 6.07 Å². The van der Waals surface area contributed by atoms with Gasteiger partial charge in [0.1, 0.15) is 12.4 Å². The largest absolute Gasteiger partial charge is 0.378 e. The maximum atomic E-state index is 14.2. The quantitative estimate of drug-likeness (QED) is 0.482. The molecule has 1 aliphatic rings. The van der Waals surface area contributed by atoms with Crippen LogP contribution in [0.4, 0.5) is 26.2 Å². The Morgan fingerprint density at radius 2 is 1.97 bits per heavy atom. The normalized spacial score (nSPS) is 13.8. The summed E-state index contributed by atoms with van der Waals surface area (Å²) >= 11 is 11.6. The first-order valence-corrected chi connectivity index (χ1v) is 10.7. The van der Waals surface area contributed by atoms with Crippen molar-refractivity contribution < 1.29 is 18.3 Å². The van der Waals surface area contributed by atoms with Gasteiger partial charge in [0.2, 0.25) is 11.9 Å². The summed E-state index contributed by atoms with van der Waals surface area (Å²) in [5.74, 6) is -1.51. The van der Waals surface area contributed by atoms with E-state index in [2.05, 4.69) is 25.7 Å². The van der Waals surface area contributed by atoms with Crippen LogP contribution in [-0.4, -0.2) is 56.9 Å². The zero-order valence-electron chi connectivity index (χ0n) is 17.2. The smallest absolute Gasteiger partial charge is 0.244 e. The number of hydrogen-bond donors (Lipinski definition) is 2. The second kappa shape index (κ2) is 10.3. The molecule has 0 saturated carbocycles. The molecule has 1 aliphatic heterocycles. The number of halogens is 4. The van der Waals surface area contributed by atoms with E-state index in [0.29, 0.717) is 32.0 Å². The number of ether oxygens (including phenoxy) is 1. The molecule has 0 bridgehead atoms. The van der Waals surface area contributed by atoms with E-state index in [0.717, 1.165) is 6.20 Å². The minimum Gasteiger partial charge on any atom is -0.378 e. The fourth-order valence-corrected chi connectivity index (χ4v) is 3.46. The highest BCUT2D eigenvalue weighted by Gasteiger charge is 2.18. The van der Waals surface area contributed by atoms with Gasteiger partial charge in [-0.1, -0.05) is 29.3 Å². The number of benzene rings is 1. The van der Waals surface area contributed by atoms with E-state index in [1.54, 1.807) is 11.1 Å². The van der Waals surface area contributed by atoms with E-state index in [9.17, 15) is 13.6 Å². The molecule has 0 atom stereocenters. The average Bonchev–Trinajstić information content (AvgIpc) is 3.26. The van der Waals surface area contributed by atoms with Crippen LogP contribution in [-0.2, 0) is 22.6 Å². The van der Waals surface area contributed by atoms with E-state index in [1.807, 2.05) is 0 Å². The van der Waals surface area contributed by atoms with Crippen LogP contribution in [0.3, 0.4) is 0 Å². The van der Waals surface area contributed by atoms with Crippen LogP contribution in [0.1, 0.15) is 5.56 Å². The molecule has 2 N–H and O–H groups in total. The standard InChI is InChI=1S/C20H19Cl2F2N7O2/c21-14-2-1-12(18(24)17(14)22)7-25-19-15(23)9-26-20(29-19)28-13-8-27-31(10-13)11-16(32)30-3-5-33-6-4-30/h1-2,8-10H,3-7,11H2,(H2,25,26,28,29). The summed E-state index contributed by atoms with van der Waals surface area (Å²) in [6.07, 6.45) is 4.09. The molecule has 2 aromatic heterocycles. The highest BCUT2D eigenvalue weighted by atomic mass is 35.5. The zero-order chi connectivity index (χ0) is 23.4. The summed E-state index contributed by atoms with van der Waals surface area (Å²) < 4.78 is 35.1. The van der Waals surface area contributed by atoms with Crippen molar-refractivity contribution in [3.8, 4) is 0 Å². The van der Waals surface area contributed by atoms with Gasteiger partial charge < -0.3 is 20.3 Å². The van der Waals surface area contributed by atoms with Crippen LogP contribution >= 0.6 is 23.2 Å². The fourth-order valence-electron chi connectivity index (χ4n) is 3.13. The Kier molecular flexibility index (Phi) is 7.21. The van der Waals surface area contributed by atoms with Crippen LogP contribution < -0.4 is 10.6 Å². The topological polar surface area (TPSA) is 97.2 Å². The van der Waals surface area contributed by atoms with Gasteiger partial charge in [-0.2, -0.15) is 10.1 Å². The lowest BCUT2D eigenvalue weighted by atomic mass is 10.2. The molecule has 0 aliphatic carbocycles. The first-order valence-electron chi connectivity index (χ1n) is 9.94. The van der Waals surface area contributed by atoms with Gasteiger partial charge >= 0.3 is 0 Å². The molecule has 0 spiro atoms. The first kappa shape index (κ1) is 23.1. The van der Waals surface area contributed by atoms with Gasteiger partial charge in [-0.25, -0.2) is 13.8 Å². The Balaban J connectivity index is 1.39. The average molecular weight is 498 g/mol. The lowest BCUT2D eigenvalue weighted by Crippen LogP contribution is -2.42. The Labute approximate surface area is 197 Å². The van der Waals surface area contributed by atoms with Crippen molar-refractivity contribution in [3.05, 3.63) is 58.0 Å². The SMILES string of the molecule is O=C(Cn1cc(Nc2ncc(F)c(NCc3ccc(Cl)c(Cl)c3F)n2)cn1)N1CCOCC1.